The van der Waals surface area contributed by atoms with Crippen LogP contribution in [0.15, 0.2) is 18.2 Å². The fourth-order valence-electron chi connectivity index (χ4n) is 2.77. The molecule has 1 aromatic carbocycles. The van der Waals surface area contributed by atoms with Gasteiger partial charge in [0.2, 0.25) is 5.91 Å². The molecule has 2 rings (SSSR count). The Hall–Kier alpha value is -1.98. The highest BCUT2D eigenvalue weighted by molar-refractivity contribution is 5.94. The Balaban J connectivity index is 2.02. The molecule has 0 spiro atoms. The summed E-state index contributed by atoms with van der Waals surface area (Å²) in [7, 11) is 0. The predicted molar refractivity (Wildman–Crippen MR) is 87.5 cm³/mol. The molecule has 4 nitrogen and oxygen atoms in total. The number of rotatable bonds is 2. The summed E-state index contributed by atoms with van der Waals surface area (Å²) < 4.78 is 26.8. The van der Waals surface area contributed by atoms with Crippen molar-refractivity contribution in [1.82, 2.24) is 9.80 Å². The summed E-state index contributed by atoms with van der Waals surface area (Å²) in [4.78, 5) is 28.1. The van der Waals surface area contributed by atoms with E-state index in [1.165, 1.54) is 11.0 Å². The van der Waals surface area contributed by atoms with Crippen molar-refractivity contribution in [3.05, 3.63) is 35.4 Å². The first-order valence-electron chi connectivity index (χ1n) is 8.19. The molecule has 1 aromatic rings. The van der Waals surface area contributed by atoms with Crippen molar-refractivity contribution in [2.45, 2.75) is 33.6 Å². The van der Waals surface area contributed by atoms with Crippen molar-refractivity contribution in [3.63, 3.8) is 0 Å². The minimum absolute atomic E-state index is 0.0739. The van der Waals surface area contributed by atoms with E-state index in [9.17, 15) is 18.4 Å². The van der Waals surface area contributed by atoms with Gasteiger partial charge in [0.15, 0.2) is 0 Å². The average molecular weight is 338 g/mol. The number of nitrogens with zero attached hydrogens (tertiary/aromatic N) is 2. The molecule has 1 aliphatic rings. The van der Waals surface area contributed by atoms with Gasteiger partial charge in [0.05, 0.1) is 5.56 Å². The quantitative estimate of drug-likeness (QED) is 0.831. The zero-order valence-corrected chi connectivity index (χ0v) is 14.4. The maximum absolute atomic E-state index is 13.8. The van der Waals surface area contributed by atoms with E-state index in [1.807, 2.05) is 20.8 Å². The Bertz CT molecular complexity index is 626. The Morgan fingerprint density at radius 2 is 1.67 bits per heavy atom. The summed E-state index contributed by atoms with van der Waals surface area (Å²) >= 11 is 0. The van der Waals surface area contributed by atoms with Crippen LogP contribution in [0.5, 0.6) is 0 Å². The van der Waals surface area contributed by atoms with Gasteiger partial charge in [-0.3, -0.25) is 9.59 Å². The fourth-order valence-corrected chi connectivity index (χ4v) is 2.77. The van der Waals surface area contributed by atoms with Crippen molar-refractivity contribution in [1.29, 1.82) is 0 Å². The fraction of sp³-hybridized carbons (Fsp3) is 0.556. The second-order valence-electron chi connectivity index (χ2n) is 7.39. The Morgan fingerprint density at radius 3 is 2.29 bits per heavy atom. The molecule has 0 atom stereocenters. The van der Waals surface area contributed by atoms with E-state index < -0.39 is 17.5 Å². The van der Waals surface area contributed by atoms with Crippen LogP contribution in [0.3, 0.4) is 0 Å². The zero-order chi connectivity index (χ0) is 17.9. The van der Waals surface area contributed by atoms with E-state index in [0.717, 1.165) is 6.07 Å². The predicted octanol–water partition coefficient (Wildman–Crippen LogP) is 3.08. The number of benzene rings is 1. The maximum atomic E-state index is 13.8. The third-order valence-electron chi connectivity index (χ3n) is 3.98. The molecule has 24 heavy (non-hydrogen) atoms. The van der Waals surface area contributed by atoms with E-state index in [1.54, 1.807) is 4.90 Å². The number of carbonyl (C=O) groups excluding carboxylic acids is 2. The highest BCUT2D eigenvalue weighted by Gasteiger charge is 2.26. The van der Waals surface area contributed by atoms with Crippen molar-refractivity contribution >= 4 is 11.8 Å². The summed E-state index contributed by atoms with van der Waals surface area (Å²) in [6.07, 6.45) is 1.10. The second-order valence-corrected chi connectivity index (χ2v) is 7.39. The highest BCUT2D eigenvalue weighted by atomic mass is 19.1. The lowest BCUT2D eigenvalue weighted by Crippen LogP contribution is -2.38. The molecular formula is C18H24F2N2O2. The van der Waals surface area contributed by atoms with E-state index in [4.69, 9.17) is 0 Å². The Kier molecular flexibility index (Phi) is 5.57. The van der Waals surface area contributed by atoms with Gasteiger partial charge in [-0.25, -0.2) is 8.78 Å². The van der Waals surface area contributed by atoms with Crippen LogP contribution in [-0.4, -0.2) is 47.8 Å². The number of hydrogen-bond acceptors (Lipinski definition) is 2. The van der Waals surface area contributed by atoms with E-state index in [2.05, 4.69) is 0 Å². The monoisotopic (exact) mass is 338 g/mol. The first-order chi connectivity index (χ1) is 11.2. The molecule has 0 aliphatic carbocycles. The smallest absolute Gasteiger partial charge is 0.256 e. The van der Waals surface area contributed by atoms with Gasteiger partial charge in [0.1, 0.15) is 11.6 Å². The first-order valence-corrected chi connectivity index (χ1v) is 8.19. The van der Waals surface area contributed by atoms with Crippen molar-refractivity contribution in [2.24, 2.45) is 5.41 Å². The number of amides is 2. The molecule has 0 N–H and O–H groups in total. The molecular weight excluding hydrogens is 314 g/mol. The summed E-state index contributed by atoms with van der Waals surface area (Å²) in [5, 5.41) is 0. The van der Waals surface area contributed by atoms with Gasteiger partial charge in [-0.05, 0) is 24.0 Å². The third kappa shape index (κ3) is 4.76. The Morgan fingerprint density at radius 1 is 1.04 bits per heavy atom. The zero-order valence-electron chi connectivity index (χ0n) is 14.4. The van der Waals surface area contributed by atoms with Crippen molar-refractivity contribution in [3.8, 4) is 0 Å². The van der Waals surface area contributed by atoms with Gasteiger partial charge in [-0.2, -0.15) is 0 Å². The van der Waals surface area contributed by atoms with E-state index >= 15 is 0 Å². The summed E-state index contributed by atoms with van der Waals surface area (Å²) in [5.41, 5.74) is -0.221. The van der Waals surface area contributed by atoms with Gasteiger partial charge in [-0.1, -0.05) is 20.8 Å². The lowest BCUT2D eigenvalue weighted by Gasteiger charge is -2.25. The SMILES string of the molecule is CC(C)(C)CC(=O)N1CCCN(C(=O)c2ccc(F)cc2F)CC1. The molecule has 0 bridgehead atoms. The molecule has 0 unspecified atom stereocenters. The van der Waals surface area contributed by atoms with Gasteiger partial charge >= 0.3 is 0 Å². The number of hydrogen-bond donors (Lipinski definition) is 0. The minimum atomic E-state index is -0.857. The van der Waals surface area contributed by atoms with Crippen LogP contribution >= 0.6 is 0 Å². The molecule has 1 heterocycles. The van der Waals surface area contributed by atoms with E-state index in [-0.39, 0.29) is 16.9 Å². The summed E-state index contributed by atoms with van der Waals surface area (Å²) in [5.74, 6) is -1.95. The van der Waals surface area contributed by atoms with Crippen LogP contribution in [0.25, 0.3) is 0 Å². The lowest BCUT2D eigenvalue weighted by molar-refractivity contribution is -0.132. The van der Waals surface area contributed by atoms with Crippen molar-refractivity contribution in [2.75, 3.05) is 26.2 Å². The van der Waals surface area contributed by atoms with Crippen LogP contribution in [0.2, 0.25) is 0 Å². The van der Waals surface area contributed by atoms with Crippen LogP contribution in [0, 0.1) is 17.0 Å². The molecule has 0 radical (unpaired) electrons. The minimum Gasteiger partial charge on any atom is -0.341 e. The van der Waals surface area contributed by atoms with Crippen LogP contribution < -0.4 is 0 Å². The molecule has 1 aliphatic heterocycles. The van der Waals surface area contributed by atoms with Gasteiger partial charge in [0.25, 0.3) is 5.91 Å². The largest absolute Gasteiger partial charge is 0.341 e. The molecule has 132 valence electrons. The average Bonchev–Trinajstić information content (AvgIpc) is 2.70. The highest BCUT2D eigenvalue weighted by Crippen LogP contribution is 2.21. The molecule has 1 fully saturated rings. The maximum Gasteiger partial charge on any atom is 0.256 e. The van der Waals surface area contributed by atoms with Gasteiger partial charge in [0, 0.05) is 38.7 Å². The molecule has 0 saturated carbocycles. The van der Waals surface area contributed by atoms with Gasteiger partial charge in [-0.15, -0.1) is 0 Å². The van der Waals surface area contributed by atoms with Gasteiger partial charge < -0.3 is 9.80 Å². The van der Waals surface area contributed by atoms with Crippen LogP contribution in [0.1, 0.15) is 44.0 Å². The summed E-state index contributed by atoms with van der Waals surface area (Å²) in [6.45, 7) is 7.86. The van der Waals surface area contributed by atoms with Crippen molar-refractivity contribution < 1.29 is 18.4 Å². The molecule has 6 heteroatoms. The third-order valence-corrected chi connectivity index (χ3v) is 3.98. The first kappa shape index (κ1) is 18.4. The van der Waals surface area contributed by atoms with Crippen LogP contribution in [0.4, 0.5) is 8.78 Å². The molecule has 1 saturated heterocycles. The topological polar surface area (TPSA) is 40.6 Å². The standard InChI is InChI=1S/C18H24F2N2O2/c1-18(2,3)12-16(23)21-7-4-8-22(10-9-21)17(24)14-6-5-13(19)11-15(14)20/h5-6,11H,4,7-10,12H2,1-3H3. The number of halogens is 2. The Labute approximate surface area is 141 Å². The van der Waals surface area contributed by atoms with Crippen LogP contribution in [-0.2, 0) is 4.79 Å². The molecule has 0 aromatic heterocycles. The lowest BCUT2D eigenvalue weighted by atomic mass is 9.91. The molecule has 2 amide bonds. The normalized spacial score (nSPS) is 16.0. The van der Waals surface area contributed by atoms with E-state index in [0.29, 0.717) is 45.1 Å². The second kappa shape index (κ2) is 7.28. The number of carbonyl (C=O) groups is 2. The summed E-state index contributed by atoms with van der Waals surface area (Å²) in [6, 6.07) is 2.96.